The smallest absolute Gasteiger partial charge is 0.354 e. The zero-order chi connectivity index (χ0) is 21.0. The lowest BCUT2D eigenvalue weighted by Gasteiger charge is -2.25. The number of hydrogen-bond acceptors (Lipinski definition) is 5. The molecule has 0 saturated heterocycles. The van der Waals surface area contributed by atoms with Crippen LogP contribution in [0.4, 0.5) is 5.69 Å². The summed E-state index contributed by atoms with van der Waals surface area (Å²) in [7, 11) is -4.57. The highest BCUT2D eigenvalue weighted by atomic mass is 32.1. The number of carboxylic acids is 1. The van der Waals surface area contributed by atoms with E-state index in [0.717, 1.165) is 5.56 Å². The number of amides is 1. The molecule has 3 aromatic rings. The van der Waals surface area contributed by atoms with Gasteiger partial charge in [-0.25, -0.2) is 9.78 Å². The summed E-state index contributed by atoms with van der Waals surface area (Å²) in [6, 6.07) is 15.0. The highest BCUT2D eigenvalue weighted by Crippen LogP contribution is 2.41. The van der Waals surface area contributed by atoms with E-state index < -0.39 is 19.7 Å². The van der Waals surface area contributed by atoms with Gasteiger partial charge in [-0.05, 0) is 29.1 Å². The Kier molecular flexibility index (Phi) is 6.24. The minimum atomic E-state index is -4.57. The third kappa shape index (κ3) is 5.36. The van der Waals surface area contributed by atoms with E-state index in [0.29, 0.717) is 4.88 Å². The molecule has 0 saturated carbocycles. The number of carbonyl (C=O) groups excluding carboxylic acids is 1. The van der Waals surface area contributed by atoms with Crippen LogP contribution in [-0.4, -0.2) is 31.8 Å². The van der Waals surface area contributed by atoms with Gasteiger partial charge >= 0.3 is 13.6 Å². The van der Waals surface area contributed by atoms with Crippen molar-refractivity contribution >= 4 is 36.5 Å². The van der Waals surface area contributed by atoms with Crippen LogP contribution in [0.15, 0.2) is 60.0 Å². The fourth-order valence-corrected chi connectivity index (χ4v) is 4.03. The van der Waals surface area contributed by atoms with Gasteiger partial charge in [0.2, 0.25) is 0 Å². The number of rotatable bonds is 7. The minimum absolute atomic E-state index is 0.125. The molecule has 2 aromatic heterocycles. The second-order valence-corrected chi connectivity index (χ2v) is 8.74. The highest BCUT2D eigenvalue weighted by Gasteiger charge is 2.27. The average molecular weight is 432 g/mol. The highest BCUT2D eigenvalue weighted by molar-refractivity contribution is 7.50. The number of thiophene rings is 1. The van der Waals surface area contributed by atoms with Gasteiger partial charge in [-0.2, -0.15) is 0 Å². The Balaban J connectivity index is 2.12. The minimum Gasteiger partial charge on any atom is -0.477 e. The van der Waals surface area contributed by atoms with Crippen molar-refractivity contribution < 1.29 is 29.0 Å². The van der Waals surface area contributed by atoms with Gasteiger partial charge in [0.15, 0.2) is 0 Å². The summed E-state index contributed by atoms with van der Waals surface area (Å²) >= 11 is 1.23. The maximum absolute atomic E-state index is 13.1. The Labute approximate surface area is 170 Å². The molecule has 0 unspecified atom stereocenters. The van der Waals surface area contributed by atoms with Crippen molar-refractivity contribution in [2.75, 3.05) is 4.90 Å². The molecule has 1 aromatic carbocycles. The van der Waals surface area contributed by atoms with E-state index in [4.69, 9.17) is 0 Å². The Hall–Kier alpha value is -2.84. The van der Waals surface area contributed by atoms with Crippen LogP contribution in [0.25, 0.3) is 0 Å². The third-order valence-electron chi connectivity index (χ3n) is 3.98. The number of carbonyl (C=O) groups is 2. The fourth-order valence-electron chi connectivity index (χ4n) is 2.74. The van der Waals surface area contributed by atoms with E-state index in [-0.39, 0.29) is 29.5 Å². The van der Waals surface area contributed by atoms with Crippen molar-refractivity contribution in [1.29, 1.82) is 0 Å². The van der Waals surface area contributed by atoms with Gasteiger partial charge in [0.25, 0.3) is 5.91 Å². The first kappa shape index (κ1) is 20.9. The van der Waals surface area contributed by atoms with Crippen molar-refractivity contribution in [3.05, 3.63) is 81.8 Å². The number of hydrogen-bond donors (Lipinski definition) is 3. The van der Waals surface area contributed by atoms with Crippen molar-refractivity contribution in [3.8, 4) is 0 Å². The number of aromatic carboxylic acids is 1. The molecule has 0 radical (unpaired) electrons. The van der Waals surface area contributed by atoms with Gasteiger partial charge in [0, 0.05) is 0 Å². The van der Waals surface area contributed by atoms with Gasteiger partial charge in [0.05, 0.1) is 29.0 Å². The SMILES string of the molecule is O=C(O)c1ccc(N(Cc2ccccc2)C(=O)c2cccs2)c(CP(=O)(O)O)n1. The van der Waals surface area contributed by atoms with Gasteiger partial charge < -0.3 is 19.8 Å². The van der Waals surface area contributed by atoms with Crippen molar-refractivity contribution in [1.82, 2.24) is 4.98 Å². The lowest BCUT2D eigenvalue weighted by molar-refractivity contribution is 0.0690. The van der Waals surface area contributed by atoms with Crippen LogP contribution in [0.3, 0.4) is 0 Å². The van der Waals surface area contributed by atoms with Crippen LogP contribution in [-0.2, 0) is 17.3 Å². The number of anilines is 1. The molecule has 0 fully saturated rings. The zero-order valence-electron chi connectivity index (χ0n) is 15.0. The van der Waals surface area contributed by atoms with Gasteiger partial charge in [0.1, 0.15) is 5.69 Å². The van der Waals surface area contributed by atoms with Crippen LogP contribution in [0.2, 0.25) is 0 Å². The van der Waals surface area contributed by atoms with Crippen LogP contribution < -0.4 is 4.90 Å². The molecule has 0 atom stereocenters. The quantitative estimate of drug-likeness (QED) is 0.488. The Morgan fingerprint density at radius 3 is 2.34 bits per heavy atom. The maximum Gasteiger partial charge on any atom is 0.354 e. The van der Waals surface area contributed by atoms with Crippen LogP contribution >= 0.6 is 18.9 Å². The molecule has 3 N–H and O–H groups in total. The molecule has 0 spiro atoms. The summed E-state index contributed by atoms with van der Waals surface area (Å²) in [6.45, 7) is 0.125. The molecule has 2 heterocycles. The van der Waals surface area contributed by atoms with E-state index in [1.54, 1.807) is 17.5 Å². The molecule has 0 aliphatic heterocycles. The Morgan fingerprint density at radius 2 is 1.76 bits per heavy atom. The molecule has 8 nitrogen and oxygen atoms in total. The molecule has 0 aliphatic carbocycles. The lowest BCUT2D eigenvalue weighted by Crippen LogP contribution is -2.31. The fraction of sp³-hybridized carbons (Fsp3) is 0.105. The van der Waals surface area contributed by atoms with Crippen LogP contribution in [0.1, 0.15) is 31.4 Å². The molecule has 3 rings (SSSR count). The largest absolute Gasteiger partial charge is 0.477 e. The zero-order valence-corrected chi connectivity index (χ0v) is 16.7. The van der Waals surface area contributed by atoms with E-state index in [1.165, 1.54) is 28.4 Å². The van der Waals surface area contributed by atoms with Crippen LogP contribution in [0, 0.1) is 0 Å². The predicted molar refractivity (Wildman–Crippen MR) is 108 cm³/mol. The number of carboxylic acid groups (broad SMARTS) is 1. The summed E-state index contributed by atoms with van der Waals surface area (Å²) < 4.78 is 11.6. The van der Waals surface area contributed by atoms with Gasteiger partial charge in [-0.1, -0.05) is 36.4 Å². The summed E-state index contributed by atoms with van der Waals surface area (Å²) in [5.74, 6) is -1.71. The topological polar surface area (TPSA) is 128 Å². The molecule has 1 amide bonds. The second-order valence-electron chi connectivity index (χ2n) is 6.14. The number of benzene rings is 1. The summed E-state index contributed by atoms with van der Waals surface area (Å²) in [5, 5.41) is 10.9. The molecular formula is C19H17N2O6PS. The molecule has 29 heavy (non-hydrogen) atoms. The number of aromatic nitrogens is 1. The summed E-state index contributed by atoms with van der Waals surface area (Å²) in [4.78, 5) is 49.0. The monoisotopic (exact) mass is 432 g/mol. The molecule has 150 valence electrons. The normalized spacial score (nSPS) is 11.2. The van der Waals surface area contributed by atoms with E-state index in [9.17, 15) is 29.0 Å². The van der Waals surface area contributed by atoms with E-state index in [1.807, 2.05) is 30.3 Å². The number of nitrogens with zero attached hydrogens (tertiary/aromatic N) is 2. The molecular weight excluding hydrogens is 415 g/mol. The maximum atomic E-state index is 13.1. The first-order valence-electron chi connectivity index (χ1n) is 8.41. The predicted octanol–water partition coefficient (Wildman–Crippen LogP) is 3.37. The Morgan fingerprint density at radius 1 is 1.03 bits per heavy atom. The first-order valence-corrected chi connectivity index (χ1v) is 11.1. The van der Waals surface area contributed by atoms with E-state index >= 15 is 0 Å². The lowest BCUT2D eigenvalue weighted by atomic mass is 10.1. The van der Waals surface area contributed by atoms with Crippen molar-refractivity contribution in [3.63, 3.8) is 0 Å². The van der Waals surface area contributed by atoms with Gasteiger partial charge in [-0.3, -0.25) is 9.36 Å². The third-order valence-corrected chi connectivity index (χ3v) is 5.55. The van der Waals surface area contributed by atoms with Crippen LogP contribution in [0.5, 0.6) is 0 Å². The molecule has 0 bridgehead atoms. The van der Waals surface area contributed by atoms with Gasteiger partial charge in [-0.15, -0.1) is 11.3 Å². The second kappa shape index (κ2) is 8.67. The number of pyridine rings is 1. The Bertz CT molecular complexity index is 1070. The molecule has 0 aliphatic rings. The summed E-state index contributed by atoms with van der Waals surface area (Å²) in [5.41, 5.74) is 0.432. The average Bonchev–Trinajstić information content (AvgIpc) is 3.20. The van der Waals surface area contributed by atoms with Crippen molar-refractivity contribution in [2.45, 2.75) is 12.7 Å². The first-order chi connectivity index (χ1) is 13.7. The standard InChI is InChI=1S/C19H17N2O6PS/c22-18(17-7-4-10-29-17)21(11-13-5-2-1-3-6-13)16-9-8-14(19(23)24)20-15(16)12-28(25,26)27/h1-10H,11-12H2,(H,23,24)(H2,25,26,27). The summed E-state index contributed by atoms with van der Waals surface area (Å²) in [6.07, 6.45) is -0.785. The van der Waals surface area contributed by atoms with E-state index in [2.05, 4.69) is 4.98 Å². The van der Waals surface area contributed by atoms with Crippen molar-refractivity contribution in [2.24, 2.45) is 0 Å². The molecule has 10 heteroatoms.